The molecule has 0 bridgehead atoms. The number of hydrogen-bond acceptors (Lipinski definition) is 2. The summed E-state index contributed by atoms with van der Waals surface area (Å²) in [6.45, 7) is 12.3. The summed E-state index contributed by atoms with van der Waals surface area (Å²) < 4.78 is 6.34. The van der Waals surface area contributed by atoms with Gasteiger partial charge in [0.2, 0.25) is 6.73 Å². The van der Waals surface area contributed by atoms with Crippen molar-refractivity contribution in [1.29, 1.82) is 0 Å². The third-order valence-electron chi connectivity index (χ3n) is 4.50. The Kier molecular flexibility index (Phi) is 11.8. The molecule has 0 unspecified atom stereocenters. The van der Waals surface area contributed by atoms with Gasteiger partial charge in [-0.2, -0.15) is 0 Å². The highest BCUT2D eigenvalue weighted by Crippen LogP contribution is 2.10. The van der Waals surface area contributed by atoms with E-state index >= 15 is 0 Å². The average Bonchev–Trinajstić information content (AvgIpc) is 2.48. The summed E-state index contributed by atoms with van der Waals surface area (Å²) in [6, 6.07) is 0. The molecule has 0 fully saturated rings. The minimum Gasteiger partial charge on any atom is -0.415 e. The molecule has 0 aliphatic carbocycles. The SMILES string of the molecule is CCCCCCCCCC(=O)OC[N+](CC)(CC)CC. The molecule has 0 aliphatic heterocycles. The predicted molar refractivity (Wildman–Crippen MR) is 85.5 cm³/mol. The molecule has 0 radical (unpaired) electrons. The van der Waals surface area contributed by atoms with Crippen molar-refractivity contribution >= 4 is 5.97 Å². The second kappa shape index (κ2) is 12.2. The van der Waals surface area contributed by atoms with E-state index in [0.29, 0.717) is 13.2 Å². The van der Waals surface area contributed by atoms with Crippen molar-refractivity contribution in [1.82, 2.24) is 0 Å². The Labute approximate surface area is 126 Å². The first-order valence-electron chi connectivity index (χ1n) is 8.64. The number of ether oxygens (including phenoxy) is 1. The van der Waals surface area contributed by atoms with E-state index in [4.69, 9.17) is 4.74 Å². The van der Waals surface area contributed by atoms with Crippen LogP contribution in [-0.2, 0) is 9.53 Å². The molecule has 0 aromatic carbocycles. The zero-order valence-electron chi connectivity index (χ0n) is 14.2. The van der Waals surface area contributed by atoms with Gasteiger partial charge in [-0.05, 0) is 27.2 Å². The predicted octanol–water partition coefficient (Wildman–Crippen LogP) is 4.50. The van der Waals surface area contributed by atoms with Crippen LogP contribution in [0.25, 0.3) is 0 Å². The van der Waals surface area contributed by atoms with Gasteiger partial charge in [0.15, 0.2) is 0 Å². The van der Waals surface area contributed by atoms with E-state index in [0.717, 1.165) is 37.0 Å². The summed E-state index contributed by atoms with van der Waals surface area (Å²) >= 11 is 0. The van der Waals surface area contributed by atoms with Gasteiger partial charge in [0.05, 0.1) is 19.6 Å². The normalized spacial score (nSPS) is 11.6. The monoisotopic (exact) mass is 286 g/mol. The van der Waals surface area contributed by atoms with Gasteiger partial charge in [-0.1, -0.05) is 45.4 Å². The standard InChI is InChI=1S/C17H36NO2/c1-5-9-10-11-12-13-14-15-17(19)20-16-18(6-2,7-3)8-4/h5-16H2,1-4H3/q+1. The van der Waals surface area contributed by atoms with Gasteiger partial charge in [0.1, 0.15) is 0 Å². The summed E-state index contributed by atoms with van der Waals surface area (Å²) in [5.41, 5.74) is 0. The maximum absolute atomic E-state index is 11.7. The van der Waals surface area contributed by atoms with E-state index in [1.165, 1.54) is 32.1 Å². The van der Waals surface area contributed by atoms with E-state index < -0.39 is 0 Å². The van der Waals surface area contributed by atoms with Crippen molar-refractivity contribution < 1.29 is 14.0 Å². The molecule has 0 aromatic heterocycles. The number of unbranched alkanes of at least 4 members (excludes halogenated alkanes) is 6. The molecule has 3 heteroatoms. The van der Waals surface area contributed by atoms with Gasteiger partial charge < -0.3 is 4.74 Å². The average molecular weight is 286 g/mol. The van der Waals surface area contributed by atoms with E-state index in [2.05, 4.69) is 27.7 Å². The molecule has 120 valence electrons. The third-order valence-corrected chi connectivity index (χ3v) is 4.50. The maximum Gasteiger partial charge on any atom is 0.310 e. The van der Waals surface area contributed by atoms with Crippen LogP contribution >= 0.6 is 0 Å². The van der Waals surface area contributed by atoms with Gasteiger partial charge in [-0.25, -0.2) is 0 Å². The molecule has 0 saturated carbocycles. The number of nitrogens with zero attached hydrogens (tertiary/aromatic N) is 1. The van der Waals surface area contributed by atoms with E-state index in [9.17, 15) is 4.79 Å². The topological polar surface area (TPSA) is 26.3 Å². The lowest BCUT2D eigenvalue weighted by Gasteiger charge is -2.34. The molecular weight excluding hydrogens is 250 g/mol. The van der Waals surface area contributed by atoms with Gasteiger partial charge in [-0.15, -0.1) is 0 Å². The molecular formula is C17H36NO2+. The Morgan fingerprint density at radius 1 is 0.800 bits per heavy atom. The minimum atomic E-state index is -0.0172. The van der Waals surface area contributed by atoms with Crippen LogP contribution in [0.1, 0.15) is 79.1 Å². The highest BCUT2D eigenvalue weighted by Gasteiger charge is 2.22. The Morgan fingerprint density at radius 3 is 1.80 bits per heavy atom. The van der Waals surface area contributed by atoms with Crippen LogP contribution in [0.15, 0.2) is 0 Å². The maximum atomic E-state index is 11.7. The van der Waals surface area contributed by atoms with Gasteiger partial charge in [0.25, 0.3) is 0 Å². The zero-order valence-corrected chi connectivity index (χ0v) is 14.2. The van der Waals surface area contributed by atoms with E-state index in [1.807, 2.05) is 0 Å². The first-order valence-corrected chi connectivity index (χ1v) is 8.64. The van der Waals surface area contributed by atoms with Crippen molar-refractivity contribution in [2.24, 2.45) is 0 Å². The Hall–Kier alpha value is -0.570. The Bertz CT molecular complexity index is 229. The smallest absolute Gasteiger partial charge is 0.310 e. The first-order chi connectivity index (χ1) is 9.64. The van der Waals surface area contributed by atoms with Crippen LogP contribution in [0.3, 0.4) is 0 Å². The molecule has 0 aliphatic rings. The number of carbonyl (C=O) groups excluding carboxylic acids is 1. The fourth-order valence-electron chi connectivity index (χ4n) is 2.45. The number of hydrogen-bond donors (Lipinski definition) is 0. The van der Waals surface area contributed by atoms with Crippen molar-refractivity contribution in [3.63, 3.8) is 0 Å². The van der Waals surface area contributed by atoms with Crippen molar-refractivity contribution in [3.05, 3.63) is 0 Å². The van der Waals surface area contributed by atoms with Crippen molar-refractivity contribution in [3.8, 4) is 0 Å². The summed E-state index contributed by atoms with van der Waals surface area (Å²) in [7, 11) is 0. The number of carbonyl (C=O) groups is 1. The second-order valence-corrected chi connectivity index (χ2v) is 5.81. The molecule has 0 atom stereocenters. The van der Waals surface area contributed by atoms with Crippen LogP contribution in [0.4, 0.5) is 0 Å². The van der Waals surface area contributed by atoms with Gasteiger partial charge >= 0.3 is 5.97 Å². The summed E-state index contributed by atoms with van der Waals surface area (Å²) in [6.07, 6.45) is 9.26. The highest BCUT2D eigenvalue weighted by atomic mass is 16.5. The fraction of sp³-hybridized carbons (Fsp3) is 0.941. The molecule has 3 nitrogen and oxygen atoms in total. The van der Waals surface area contributed by atoms with Crippen LogP contribution in [-0.4, -0.2) is 36.8 Å². The number of rotatable bonds is 13. The van der Waals surface area contributed by atoms with Crippen LogP contribution < -0.4 is 0 Å². The molecule has 0 N–H and O–H groups in total. The van der Waals surface area contributed by atoms with Crippen molar-refractivity contribution in [2.45, 2.75) is 79.1 Å². The quantitative estimate of drug-likeness (QED) is 0.216. The summed E-state index contributed by atoms with van der Waals surface area (Å²) in [4.78, 5) is 11.7. The van der Waals surface area contributed by atoms with E-state index in [-0.39, 0.29) is 5.97 Å². The number of esters is 1. The molecule has 20 heavy (non-hydrogen) atoms. The lowest BCUT2D eigenvalue weighted by atomic mass is 10.1. The molecule has 0 spiro atoms. The summed E-state index contributed by atoms with van der Waals surface area (Å²) in [5.74, 6) is -0.0172. The minimum absolute atomic E-state index is 0.0172. The van der Waals surface area contributed by atoms with Gasteiger partial charge in [-0.3, -0.25) is 9.28 Å². The molecule has 0 rings (SSSR count). The van der Waals surface area contributed by atoms with E-state index in [1.54, 1.807) is 0 Å². The Morgan fingerprint density at radius 2 is 1.30 bits per heavy atom. The molecule has 0 amide bonds. The second-order valence-electron chi connectivity index (χ2n) is 5.81. The summed E-state index contributed by atoms with van der Waals surface area (Å²) in [5, 5.41) is 0. The van der Waals surface area contributed by atoms with Gasteiger partial charge in [0, 0.05) is 6.42 Å². The lowest BCUT2D eigenvalue weighted by Crippen LogP contribution is -2.49. The third kappa shape index (κ3) is 8.57. The molecule has 0 saturated heterocycles. The largest absolute Gasteiger partial charge is 0.415 e. The first kappa shape index (κ1) is 19.4. The van der Waals surface area contributed by atoms with Crippen LogP contribution in [0.5, 0.6) is 0 Å². The fourth-order valence-corrected chi connectivity index (χ4v) is 2.45. The lowest BCUT2D eigenvalue weighted by molar-refractivity contribution is -0.938. The van der Waals surface area contributed by atoms with Crippen molar-refractivity contribution in [2.75, 3.05) is 26.4 Å². The zero-order chi connectivity index (χ0) is 15.3. The highest BCUT2D eigenvalue weighted by molar-refractivity contribution is 5.69. The van der Waals surface area contributed by atoms with Crippen LogP contribution in [0, 0.1) is 0 Å². The molecule has 0 aromatic rings. The molecule has 0 heterocycles. The number of quaternary nitrogens is 1. The Balaban J connectivity index is 3.63. The van der Waals surface area contributed by atoms with Crippen LogP contribution in [0.2, 0.25) is 0 Å².